The standard InChI is InChI=1S/C22H27N3O/c1-2-3-6-13-20(16-19-11-7-4-8-12-19)17-24-25-22(26)18-23-21-14-9-5-10-15-21/h4-5,7-12,14-17,23H,2-3,6,13,18H2,1H3,(H,25,26)/b20-16-,24-17+. The van der Waals surface area contributed by atoms with Gasteiger partial charge in [-0.2, -0.15) is 5.10 Å². The topological polar surface area (TPSA) is 53.5 Å². The van der Waals surface area contributed by atoms with Gasteiger partial charge in [0.1, 0.15) is 0 Å². The Morgan fingerprint density at radius 1 is 1.00 bits per heavy atom. The van der Waals surface area contributed by atoms with Crippen LogP contribution < -0.4 is 10.7 Å². The molecule has 0 fully saturated rings. The molecule has 0 aliphatic heterocycles. The number of benzene rings is 2. The zero-order valence-electron chi connectivity index (χ0n) is 15.3. The molecule has 2 aromatic carbocycles. The summed E-state index contributed by atoms with van der Waals surface area (Å²) < 4.78 is 0. The number of nitrogens with one attached hydrogen (secondary N) is 2. The van der Waals surface area contributed by atoms with Gasteiger partial charge in [-0.05, 0) is 36.1 Å². The van der Waals surface area contributed by atoms with Gasteiger partial charge in [0.15, 0.2) is 0 Å². The Hall–Kier alpha value is -2.88. The third-order valence-electron chi connectivity index (χ3n) is 3.87. The summed E-state index contributed by atoms with van der Waals surface area (Å²) in [5, 5.41) is 7.19. The van der Waals surface area contributed by atoms with Crippen molar-refractivity contribution in [2.45, 2.75) is 32.6 Å². The summed E-state index contributed by atoms with van der Waals surface area (Å²) in [5.41, 5.74) is 5.75. The Labute approximate surface area is 156 Å². The molecule has 2 aromatic rings. The van der Waals surface area contributed by atoms with E-state index in [0.717, 1.165) is 29.7 Å². The fourth-order valence-corrected chi connectivity index (χ4v) is 2.48. The first-order valence-electron chi connectivity index (χ1n) is 9.14. The van der Waals surface area contributed by atoms with Crippen LogP contribution in [0.4, 0.5) is 5.69 Å². The number of hydrogen-bond acceptors (Lipinski definition) is 3. The van der Waals surface area contributed by atoms with Gasteiger partial charge < -0.3 is 5.32 Å². The monoisotopic (exact) mass is 349 g/mol. The van der Waals surface area contributed by atoms with Crippen LogP contribution in [0.1, 0.15) is 38.2 Å². The van der Waals surface area contributed by atoms with E-state index >= 15 is 0 Å². The van der Waals surface area contributed by atoms with Crippen LogP contribution in [0.5, 0.6) is 0 Å². The molecule has 26 heavy (non-hydrogen) atoms. The number of unbranched alkanes of at least 4 members (excludes halogenated alkanes) is 2. The number of rotatable bonds is 10. The van der Waals surface area contributed by atoms with Crippen molar-refractivity contribution in [3.05, 3.63) is 71.8 Å². The van der Waals surface area contributed by atoms with Gasteiger partial charge in [-0.25, -0.2) is 5.43 Å². The minimum atomic E-state index is -0.169. The maximum absolute atomic E-state index is 11.9. The number of anilines is 1. The highest BCUT2D eigenvalue weighted by Crippen LogP contribution is 2.12. The lowest BCUT2D eigenvalue weighted by Gasteiger charge is -2.05. The first kappa shape index (κ1) is 19.4. The second-order valence-electron chi connectivity index (χ2n) is 6.10. The molecule has 4 nitrogen and oxygen atoms in total. The number of amides is 1. The summed E-state index contributed by atoms with van der Waals surface area (Å²) >= 11 is 0. The molecular weight excluding hydrogens is 322 g/mol. The van der Waals surface area contributed by atoms with Gasteiger partial charge in [-0.15, -0.1) is 0 Å². The molecule has 0 atom stereocenters. The Morgan fingerprint density at radius 2 is 1.69 bits per heavy atom. The summed E-state index contributed by atoms with van der Waals surface area (Å²) in [6.45, 7) is 2.38. The molecule has 4 heteroatoms. The van der Waals surface area contributed by atoms with E-state index in [1.165, 1.54) is 12.8 Å². The summed E-state index contributed by atoms with van der Waals surface area (Å²) in [5.74, 6) is -0.169. The Kier molecular flexibility index (Phi) is 8.70. The van der Waals surface area contributed by atoms with Crippen LogP contribution in [0.3, 0.4) is 0 Å². The van der Waals surface area contributed by atoms with Crippen LogP contribution in [0.2, 0.25) is 0 Å². The van der Waals surface area contributed by atoms with Gasteiger partial charge in [0.2, 0.25) is 0 Å². The lowest BCUT2D eigenvalue weighted by Crippen LogP contribution is -2.25. The van der Waals surface area contributed by atoms with Crippen molar-refractivity contribution in [2.75, 3.05) is 11.9 Å². The summed E-state index contributed by atoms with van der Waals surface area (Å²) in [6, 6.07) is 19.8. The van der Waals surface area contributed by atoms with Crippen molar-refractivity contribution in [3.8, 4) is 0 Å². The Bertz CT molecular complexity index is 709. The second-order valence-corrected chi connectivity index (χ2v) is 6.10. The molecule has 0 bridgehead atoms. The highest BCUT2D eigenvalue weighted by Gasteiger charge is 2.00. The van der Waals surface area contributed by atoms with E-state index in [4.69, 9.17) is 0 Å². The molecule has 0 saturated heterocycles. The molecule has 0 aliphatic carbocycles. The smallest absolute Gasteiger partial charge is 0.259 e. The van der Waals surface area contributed by atoms with E-state index in [0.29, 0.717) is 0 Å². The highest BCUT2D eigenvalue weighted by molar-refractivity contribution is 5.87. The average Bonchev–Trinajstić information content (AvgIpc) is 2.68. The van der Waals surface area contributed by atoms with E-state index in [1.54, 1.807) is 6.21 Å². The Balaban J connectivity index is 1.87. The van der Waals surface area contributed by atoms with Gasteiger partial charge >= 0.3 is 0 Å². The molecule has 0 heterocycles. The molecule has 136 valence electrons. The number of para-hydroxylation sites is 1. The number of carbonyl (C=O) groups excluding carboxylic acids is 1. The lowest BCUT2D eigenvalue weighted by atomic mass is 10.1. The van der Waals surface area contributed by atoms with Gasteiger partial charge in [0.25, 0.3) is 5.91 Å². The first-order chi connectivity index (χ1) is 12.8. The minimum absolute atomic E-state index is 0.169. The quantitative estimate of drug-likeness (QED) is 0.365. The molecular formula is C22H27N3O. The van der Waals surface area contributed by atoms with Gasteiger partial charge in [-0.3, -0.25) is 4.79 Å². The largest absolute Gasteiger partial charge is 0.376 e. The van der Waals surface area contributed by atoms with E-state index < -0.39 is 0 Å². The number of allylic oxidation sites excluding steroid dienone is 1. The predicted octanol–water partition coefficient (Wildman–Crippen LogP) is 4.86. The first-order valence-corrected chi connectivity index (χ1v) is 9.14. The number of nitrogens with zero attached hydrogens (tertiary/aromatic N) is 1. The third kappa shape index (κ3) is 7.79. The Morgan fingerprint density at radius 3 is 2.38 bits per heavy atom. The van der Waals surface area contributed by atoms with Crippen LogP contribution in [0.15, 0.2) is 71.3 Å². The highest BCUT2D eigenvalue weighted by atomic mass is 16.2. The predicted molar refractivity (Wildman–Crippen MR) is 110 cm³/mol. The maximum atomic E-state index is 11.9. The maximum Gasteiger partial charge on any atom is 0.259 e. The van der Waals surface area contributed by atoms with E-state index in [2.05, 4.69) is 41.0 Å². The summed E-state index contributed by atoms with van der Waals surface area (Å²) in [7, 11) is 0. The van der Waals surface area contributed by atoms with E-state index in [-0.39, 0.29) is 12.5 Å². The molecule has 0 unspecified atom stereocenters. The average molecular weight is 349 g/mol. The van der Waals surface area contributed by atoms with Crippen LogP contribution >= 0.6 is 0 Å². The molecule has 0 spiro atoms. The van der Waals surface area contributed by atoms with Crippen molar-refractivity contribution in [1.29, 1.82) is 0 Å². The van der Waals surface area contributed by atoms with Crippen molar-refractivity contribution in [1.82, 2.24) is 5.43 Å². The molecule has 0 saturated carbocycles. The molecule has 0 aliphatic rings. The lowest BCUT2D eigenvalue weighted by molar-refractivity contribution is -0.119. The molecule has 2 rings (SSSR count). The van der Waals surface area contributed by atoms with Crippen molar-refractivity contribution >= 4 is 23.9 Å². The van der Waals surface area contributed by atoms with Crippen LogP contribution in [-0.4, -0.2) is 18.7 Å². The van der Waals surface area contributed by atoms with Crippen molar-refractivity contribution in [2.24, 2.45) is 5.10 Å². The minimum Gasteiger partial charge on any atom is -0.376 e. The van der Waals surface area contributed by atoms with Crippen LogP contribution in [0.25, 0.3) is 6.08 Å². The zero-order chi connectivity index (χ0) is 18.5. The normalized spacial score (nSPS) is 11.5. The number of carbonyl (C=O) groups is 1. The second kappa shape index (κ2) is 11.6. The van der Waals surface area contributed by atoms with Crippen molar-refractivity contribution in [3.63, 3.8) is 0 Å². The van der Waals surface area contributed by atoms with Gasteiger partial charge in [0.05, 0.1) is 12.8 Å². The zero-order valence-corrected chi connectivity index (χ0v) is 15.3. The molecule has 0 radical (unpaired) electrons. The van der Waals surface area contributed by atoms with Crippen LogP contribution in [0, 0.1) is 0 Å². The molecule has 2 N–H and O–H groups in total. The fraction of sp³-hybridized carbons (Fsp3) is 0.273. The molecule has 0 aromatic heterocycles. The van der Waals surface area contributed by atoms with E-state index in [1.807, 2.05) is 48.5 Å². The van der Waals surface area contributed by atoms with E-state index in [9.17, 15) is 4.79 Å². The number of hydrazone groups is 1. The number of hydrogen-bond donors (Lipinski definition) is 2. The van der Waals surface area contributed by atoms with Gasteiger partial charge in [-0.1, -0.05) is 74.4 Å². The summed E-state index contributed by atoms with van der Waals surface area (Å²) in [4.78, 5) is 11.9. The SMILES string of the molecule is CCCCCC(=C/c1ccccc1)/C=N/NC(=O)CNc1ccccc1. The van der Waals surface area contributed by atoms with Crippen LogP contribution in [-0.2, 0) is 4.79 Å². The van der Waals surface area contributed by atoms with Crippen molar-refractivity contribution < 1.29 is 4.79 Å². The fourth-order valence-electron chi connectivity index (χ4n) is 2.48. The third-order valence-corrected chi connectivity index (χ3v) is 3.87. The summed E-state index contributed by atoms with van der Waals surface area (Å²) in [6.07, 6.45) is 8.30. The van der Waals surface area contributed by atoms with Gasteiger partial charge in [0, 0.05) is 5.69 Å². The molecule has 1 amide bonds.